The minimum absolute atomic E-state index is 0.0937. The number of halogens is 3. The molecule has 1 aromatic carbocycles. The molecule has 2 amide bonds. The molecule has 1 saturated heterocycles. The van der Waals surface area contributed by atoms with E-state index >= 15 is 0 Å². The van der Waals surface area contributed by atoms with Gasteiger partial charge < -0.3 is 20.5 Å². The molecular formula is C22H19F3N4O6S. The van der Waals surface area contributed by atoms with Crippen LogP contribution >= 0.6 is 11.8 Å². The fraction of sp³-hybridized carbons (Fsp3) is 0.318. The van der Waals surface area contributed by atoms with Crippen LogP contribution in [0.4, 0.5) is 18.9 Å². The number of rotatable bonds is 7. The minimum Gasteiger partial charge on any atom is -0.477 e. The molecule has 3 N–H and O–H groups in total. The van der Waals surface area contributed by atoms with E-state index in [1.54, 1.807) is 0 Å². The maximum atomic E-state index is 13.0. The number of alkyl halides is 3. The summed E-state index contributed by atoms with van der Waals surface area (Å²) in [5, 5.41) is 14.7. The van der Waals surface area contributed by atoms with E-state index in [2.05, 4.69) is 15.6 Å². The van der Waals surface area contributed by atoms with Crippen molar-refractivity contribution in [3.8, 4) is 0 Å². The summed E-state index contributed by atoms with van der Waals surface area (Å²) in [6.45, 7) is 0.634. The topological polar surface area (TPSA) is 138 Å². The largest absolute Gasteiger partial charge is 0.477 e. The van der Waals surface area contributed by atoms with Crippen molar-refractivity contribution < 1.29 is 42.2 Å². The lowest BCUT2D eigenvalue weighted by atomic mass is 10.0. The normalized spacial score (nSPS) is 19.4. The molecule has 2 aliphatic rings. The number of β-lactam (4-membered cyclic amide) rings is 1. The lowest BCUT2D eigenvalue weighted by molar-refractivity contribution is -0.150. The standard InChI is InChI=1S/C22H19F3N4O6S/c1-10(30)35-8-11-9-36-20-17(19(32)29(20)18(11)21(33)34)28-16(31)7-27-14-4-5-26-15-6-12(22(23,24)25)2-3-13(14)15/h2-6,17,20H,7-9H2,1H3,(H,26,27)(H,28,31)(H,33,34)/t17-,20-/m1/s1. The second-order valence-corrected chi connectivity index (χ2v) is 9.04. The molecule has 190 valence electrons. The number of esters is 1. The van der Waals surface area contributed by atoms with Crippen molar-refractivity contribution in [3.05, 3.63) is 47.3 Å². The minimum atomic E-state index is -4.52. The quantitative estimate of drug-likeness (QED) is 0.367. The maximum absolute atomic E-state index is 13.0. The molecule has 2 atom stereocenters. The van der Waals surface area contributed by atoms with Gasteiger partial charge in [0.15, 0.2) is 0 Å². The van der Waals surface area contributed by atoms with E-state index in [0.717, 1.165) is 17.0 Å². The fourth-order valence-electron chi connectivity index (χ4n) is 3.86. The third kappa shape index (κ3) is 4.94. The molecule has 2 aromatic rings. The Morgan fingerprint density at radius 1 is 1.28 bits per heavy atom. The zero-order valence-electron chi connectivity index (χ0n) is 18.6. The Labute approximate surface area is 205 Å². The van der Waals surface area contributed by atoms with Crippen LogP contribution in [0.5, 0.6) is 0 Å². The van der Waals surface area contributed by atoms with Gasteiger partial charge in [-0.25, -0.2) is 4.79 Å². The first kappa shape index (κ1) is 25.3. The Kier molecular flexibility index (Phi) is 6.80. The number of thioether (sulfide) groups is 1. The van der Waals surface area contributed by atoms with E-state index in [0.29, 0.717) is 11.1 Å². The predicted octanol–water partition coefficient (Wildman–Crippen LogP) is 1.97. The monoisotopic (exact) mass is 524 g/mol. The molecule has 0 spiro atoms. The van der Waals surface area contributed by atoms with Crippen LogP contribution in [0.1, 0.15) is 12.5 Å². The van der Waals surface area contributed by atoms with Crippen LogP contribution < -0.4 is 10.6 Å². The van der Waals surface area contributed by atoms with Crippen LogP contribution in [0.2, 0.25) is 0 Å². The highest BCUT2D eigenvalue weighted by Crippen LogP contribution is 2.40. The van der Waals surface area contributed by atoms with Crippen LogP contribution in [0.15, 0.2) is 41.7 Å². The third-order valence-electron chi connectivity index (χ3n) is 5.53. The van der Waals surface area contributed by atoms with Gasteiger partial charge in [-0.3, -0.25) is 24.3 Å². The Balaban J connectivity index is 1.41. The number of aromatic nitrogens is 1. The van der Waals surface area contributed by atoms with Gasteiger partial charge in [-0.2, -0.15) is 13.2 Å². The number of pyridine rings is 1. The second kappa shape index (κ2) is 9.68. The van der Waals surface area contributed by atoms with E-state index in [1.807, 2.05) is 0 Å². The maximum Gasteiger partial charge on any atom is 0.416 e. The molecule has 0 unspecified atom stereocenters. The first-order valence-corrected chi connectivity index (χ1v) is 11.5. The van der Waals surface area contributed by atoms with Crippen LogP contribution in [0.3, 0.4) is 0 Å². The van der Waals surface area contributed by atoms with Crippen molar-refractivity contribution >= 4 is 52.1 Å². The lowest BCUT2D eigenvalue weighted by Crippen LogP contribution is -2.71. The summed E-state index contributed by atoms with van der Waals surface area (Å²) in [7, 11) is 0. The first-order chi connectivity index (χ1) is 17.0. The van der Waals surface area contributed by atoms with Gasteiger partial charge >= 0.3 is 18.1 Å². The number of hydrogen-bond donors (Lipinski definition) is 3. The average molecular weight is 524 g/mol. The SMILES string of the molecule is CC(=O)OCC1=C(C(=O)O)N2C(=O)[C@@H](NC(=O)CNc3ccnc4cc(C(F)(F)F)ccc34)[C@H]2SC1. The number of carbonyl (C=O) groups is 4. The van der Waals surface area contributed by atoms with Gasteiger partial charge in [0.1, 0.15) is 23.7 Å². The number of carboxylic acid groups (broad SMARTS) is 1. The zero-order valence-corrected chi connectivity index (χ0v) is 19.4. The summed E-state index contributed by atoms with van der Waals surface area (Å²) in [6.07, 6.45) is -3.21. The molecule has 10 nitrogen and oxygen atoms in total. The van der Waals surface area contributed by atoms with Gasteiger partial charge in [-0.05, 0) is 18.2 Å². The van der Waals surface area contributed by atoms with Crippen molar-refractivity contribution in [2.75, 3.05) is 24.2 Å². The van der Waals surface area contributed by atoms with E-state index in [1.165, 1.54) is 37.0 Å². The Hall–Kier alpha value is -3.81. The highest BCUT2D eigenvalue weighted by molar-refractivity contribution is 8.00. The van der Waals surface area contributed by atoms with Gasteiger partial charge in [0.2, 0.25) is 5.91 Å². The van der Waals surface area contributed by atoms with Gasteiger partial charge in [0.05, 0.1) is 17.6 Å². The number of amides is 2. The third-order valence-corrected chi connectivity index (χ3v) is 6.87. The number of fused-ring (bicyclic) bond motifs is 2. The molecule has 1 fully saturated rings. The summed E-state index contributed by atoms with van der Waals surface area (Å²) in [5.41, 5.74) is -0.367. The van der Waals surface area contributed by atoms with Crippen molar-refractivity contribution in [2.45, 2.75) is 24.5 Å². The van der Waals surface area contributed by atoms with E-state index in [4.69, 9.17) is 4.74 Å². The van der Waals surface area contributed by atoms with Crippen molar-refractivity contribution in [1.29, 1.82) is 0 Å². The summed E-state index contributed by atoms with van der Waals surface area (Å²) in [4.78, 5) is 53.0. The molecule has 4 rings (SSSR count). The van der Waals surface area contributed by atoms with Crippen molar-refractivity contribution in [3.63, 3.8) is 0 Å². The highest BCUT2D eigenvalue weighted by atomic mass is 32.2. The first-order valence-electron chi connectivity index (χ1n) is 10.5. The predicted molar refractivity (Wildman–Crippen MR) is 122 cm³/mol. The average Bonchev–Trinajstić information content (AvgIpc) is 2.82. The molecular weight excluding hydrogens is 505 g/mol. The number of nitrogens with zero attached hydrogens (tertiary/aromatic N) is 2. The van der Waals surface area contributed by atoms with Crippen LogP contribution in [-0.2, 0) is 30.1 Å². The van der Waals surface area contributed by atoms with E-state index in [9.17, 15) is 37.5 Å². The van der Waals surface area contributed by atoms with Gasteiger partial charge in [0, 0.05) is 35.5 Å². The number of ether oxygens (including phenoxy) is 1. The van der Waals surface area contributed by atoms with Gasteiger partial charge in [-0.1, -0.05) is 6.07 Å². The Morgan fingerprint density at radius 3 is 2.69 bits per heavy atom. The van der Waals surface area contributed by atoms with E-state index < -0.39 is 46.9 Å². The van der Waals surface area contributed by atoms with Crippen molar-refractivity contribution in [2.24, 2.45) is 0 Å². The summed E-state index contributed by atoms with van der Waals surface area (Å²) in [5.74, 6) is -2.93. The molecule has 1 aromatic heterocycles. The molecule has 36 heavy (non-hydrogen) atoms. The second-order valence-electron chi connectivity index (χ2n) is 7.93. The van der Waals surface area contributed by atoms with Crippen molar-refractivity contribution in [1.82, 2.24) is 15.2 Å². The number of aliphatic carboxylic acids is 1. The molecule has 2 aliphatic heterocycles. The zero-order chi connectivity index (χ0) is 26.2. The number of benzene rings is 1. The fourth-order valence-corrected chi connectivity index (χ4v) is 5.19. The summed E-state index contributed by atoms with van der Waals surface area (Å²) in [6, 6.07) is 3.62. The van der Waals surface area contributed by atoms with Gasteiger partial charge in [0.25, 0.3) is 5.91 Å². The lowest BCUT2D eigenvalue weighted by Gasteiger charge is -2.49. The van der Waals surface area contributed by atoms with E-state index in [-0.39, 0.29) is 35.7 Å². The molecule has 0 radical (unpaired) electrons. The molecule has 3 heterocycles. The number of nitrogens with one attached hydrogen (secondary N) is 2. The molecule has 0 aliphatic carbocycles. The number of carbonyl (C=O) groups excluding carboxylic acids is 3. The van der Waals surface area contributed by atoms with Crippen LogP contribution in [0.25, 0.3) is 10.9 Å². The number of carboxylic acids is 1. The highest BCUT2D eigenvalue weighted by Gasteiger charge is 2.54. The van der Waals surface area contributed by atoms with Gasteiger partial charge in [-0.15, -0.1) is 11.8 Å². The smallest absolute Gasteiger partial charge is 0.416 e. The van der Waals surface area contributed by atoms with Crippen LogP contribution in [-0.4, -0.2) is 69.1 Å². The molecule has 0 bridgehead atoms. The summed E-state index contributed by atoms with van der Waals surface area (Å²) >= 11 is 1.22. The number of anilines is 1. The Morgan fingerprint density at radius 2 is 2.03 bits per heavy atom. The molecule has 14 heteroatoms. The Bertz CT molecular complexity index is 1300. The number of hydrogen-bond acceptors (Lipinski definition) is 8. The van der Waals surface area contributed by atoms with Crippen LogP contribution in [0, 0.1) is 0 Å². The molecule has 0 saturated carbocycles. The summed E-state index contributed by atoms with van der Waals surface area (Å²) < 4.78 is 43.7.